The van der Waals surface area contributed by atoms with Crippen LogP contribution in [0.15, 0.2) is 50.9 Å². The SMILES string of the molecule is O=C(NC[C@H]1CCCO1)N1CCCC[C@@H]1CNC1=C(F)CNC(=C2C=NC3NC=C(Cl)C=C23)N1. The molecule has 0 bridgehead atoms. The van der Waals surface area contributed by atoms with Crippen LogP contribution in [-0.4, -0.2) is 68.2 Å². The van der Waals surface area contributed by atoms with Crippen molar-refractivity contribution in [2.75, 3.05) is 32.8 Å². The Morgan fingerprint density at radius 1 is 1.29 bits per heavy atom. The fraction of sp³-hybridized carbons (Fsp3) is 0.565. The van der Waals surface area contributed by atoms with Gasteiger partial charge in [-0.15, -0.1) is 0 Å². The second kappa shape index (κ2) is 10.3. The van der Waals surface area contributed by atoms with Gasteiger partial charge in [0.25, 0.3) is 0 Å². The van der Waals surface area contributed by atoms with Gasteiger partial charge in [-0.1, -0.05) is 11.6 Å². The van der Waals surface area contributed by atoms with Gasteiger partial charge in [0.15, 0.2) is 5.83 Å². The Labute approximate surface area is 203 Å². The predicted octanol–water partition coefficient (Wildman–Crippen LogP) is 1.88. The van der Waals surface area contributed by atoms with E-state index in [1.54, 1.807) is 12.4 Å². The number of aliphatic imine (C=N–C) groups is 1. The van der Waals surface area contributed by atoms with Crippen LogP contribution >= 0.6 is 11.6 Å². The quantitative estimate of drug-likeness (QED) is 0.402. The molecule has 5 aliphatic rings. The lowest BCUT2D eigenvalue weighted by Gasteiger charge is -2.37. The van der Waals surface area contributed by atoms with E-state index in [0.29, 0.717) is 36.3 Å². The average Bonchev–Trinajstić information content (AvgIpc) is 3.52. The van der Waals surface area contributed by atoms with Gasteiger partial charge in [0, 0.05) is 49.8 Å². The normalized spacial score (nSPS) is 30.6. The number of urea groups is 1. The molecule has 184 valence electrons. The van der Waals surface area contributed by atoms with Crippen molar-refractivity contribution >= 4 is 23.8 Å². The van der Waals surface area contributed by atoms with Gasteiger partial charge in [-0.2, -0.15) is 0 Å². The summed E-state index contributed by atoms with van der Waals surface area (Å²) in [4.78, 5) is 19.2. The third-order valence-corrected chi connectivity index (χ3v) is 6.97. The summed E-state index contributed by atoms with van der Waals surface area (Å²) in [6.45, 7) is 2.52. The fourth-order valence-electron chi connectivity index (χ4n) is 4.90. The zero-order valence-electron chi connectivity index (χ0n) is 19.0. The summed E-state index contributed by atoms with van der Waals surface area (Å²) in [7, 11) is 0. The van der Waals surface area contributed by atoms with Gasteiger partial charge in [-0.3, -0.25) is 4.99 Å². The molecule has 11 heteroatoms. The van der Waals surface area contributed by atoms with Gasteiger partial charge in [0.2, 0.25) is 0 Å². The van der Waals surface area contributed by atoms with Crippen molar-refractivity contribution in [2.24, 2.45) is 4.99 Å². The number of piperidine rings is 1. The molecular formula is C23H31ClFN7O2. The highest BCUT2D eigenvalue weighted by Crippen LogP contribution is 2.28. The Morgan fingerprint density at radius 3 is 3.06 bits per heavy atom. The maximum Gasteiger partial charge on any atom is 0.317 e. The van der Waals surface area contributed by atoms with Crippen molar-refractivity contribution < 1.29 is 13.9 Å². The second-order valence-electron chi connectivity index (χ2n) is 9.07. The maximum atomic E-state index is 14.7. The van der Waals surface area contributed by atoms with Crippen LogP contribution < -0.4 is 26.6 Å². The Hall–Kier alpha value is -2.72. The molecule has 9 nitrogen and oxygen atoms in total. The zero-order chi connectivity index (χ0) is 23.5. The molecule has 0 aromatic rings. The number of hydrogen-bond acceptors (Lipinski definition) is 7. The number of rotatable bonds is 5. The van der Waals surface area contributed by atoms with Crippen molar-refractivity contribution in [3.63, 3.8) is 0 Å². The van der Waals surface area contributed by atoms with Crippen molar-refractivity contribution in [2.45, 2.75) is 50.4 Å². The lowest BCUT2D eigenvalue weighted by Crippen LogP contribution is -2.53. The molecule has 0 aliphatic carbocycles. The summed E-state index contributed by atoms with van der Waals surface area (Å²) in [6.07, 6.45) is 10.2. The van der Waals surface area contributed by atoms with Crippen LogP contribution in [0.4, 0.5) is 9.18 Å². The predicted molar refractivity (Wildman–Crippen MR) is 128 cm³/mol. The Balaban J connectivity index is 1.21. The van der Waals surface area contributed by atoms with E-state index in [0.717, 1.165) is 49.9 Å². The minimum atomic E-state index is -0.310. The molecule has 2 saturated heterocycles. The number of amides is 2. The first kappa shape index (κ1) is 23.0. The zero-order valence-corrected chi connectivity index (χ0v) is 19.8. The third kappa shape index (κ3) is 5.02. The molecule has 0 spiro atoms. The van der Waals surface area contributed by atoms with Crippen LogP contribution in [0, 0.1) is 0 Å². The number of carbonyl (C=O) groups is 1. The first-order chi connectivity index (χ1) is 16.6. The molecule has 3 atom stereocenters. The Kier molecular flexibility index (Phi) is 6.96. The van der Waals surface area contributed by atoms with Gasteiger partial charge in [-0.25, -0.2) is 9.18 Å². The Bertz CT molecular complexity index is 970. The van der Waals surface area contributed by atoms with Crippen molar-refractivity contribution in [1.82, 2.24) is 31.5 Å². The number of ether oxygens (including phenoxy) is 1. The Morgan fingerprint density at radius 2 is 2.21 bits per heavy atom. The molecule has 5 rings (SSSR count). The molecule has 2 amide bonds. The molecular weight excluding hydrogens is 461 g/mol. The minimum Gasteiger partial charge on any atom is -0.376 e. The molecule has 2 fully saturated rings. The average molecular weight is 492 g/mol. The highest BCUT2D eigenvalue weighted by atomic mass is 35.5. The number of likely N-dealkylation sites (tertiary alicyclic amines) is 1. The van der Waals surface area contributed by atoms with Gasteiger partial charge in [0.1, 0.15) is 17.8 Å². The monoisotopic (exact) mass is 491 g/mol. The van der Waals surface area contributed by atoms with E-state index in [4.69, 9.17) is 16.3 Å². The van der Waals surface area contributed by atoms with E-state index in [1.807, 2.05) is 11.0 Å². The molecule has 0 aromatic carbocycles. The van der Waals surface area contributed by atoms with Gasteiger partial charge in [0.05, 0.1) is 23.7 Å². The minimum absolute atomic E-state index is 0.0158. The molecule has 5 aliphatic heterocycles. The van der Waals surface area contributed by atoms with Crippen LogP contribution in [0.25, 0.3) is 0 Å². The molecule has 34 heavy (non-hydrogen) atoms. The third-order valence-electron chi connectivity index (χ3n) is 6.75. The summed E-state index contributed by atoms with van der Waals surface area (Å²) in [5.41, 5.74) is 1.76. The standard InChI is InChI=1S/C23H31ClFN7O2/c24-14-8-17-18(12-28-20(17)26-9-14)21-29-13-19(25)22(31-21)27-10-15-4-1-2-6-32(15)23(33)30-11-16-5-3-7-34-16/h8-9,12,15-16,20,26-27,29,31H,1-7,10-11,13H2,(H,30,33)/t15-,16-,20?/m1/s1. The summed E-state index contributed by atoms with van der Waals surface area (Å²) >= 11 is 6.15. The highest BCUT2D eigenvalue weighted by molar-refractivity contribution is 6.31. The largest absolute Gasteiger partial charge is 0.376 e. The molecule has 5 N–H and O–H groups in total. The fourth-order valence-corrected chi connectivity index (χ4v) is 5.08. The number of hydrogen-bond donors (Lipinski definition) is 5. The van der Waals surface area contributed by atoms with E-state index in [2.05, 4.69) is 31.6 Å². The number of dihydropyridines is 1. The van der Waals surface area contributed by atoms with Gasteiger partial charge in [-0.05, 0) is 38.2 Å². The van der Waals surface area contributed by atoms with E-state index < -0.39 is 0 Å². The number of carbonyl (C=O) groups excluding carboxylic acids is 1. The van der Waals surface area contributed by atoms with Gasteiger partial charge >= 0.3 is 6.03 Å². The van der Waals surface area contributed by atoms with Crippen molar-refractivity contribution in [1.29, 1.82) is 0 Å². The van der Waals surface area contributed by atoms with Crippen molar-refractivity contribution in [3.8, 4) is 0 Å². The summed E-state index contributed by atoms with van der Waals surface area (Å²) < 4.78 is 20.3. The number of allylic oxidation sites excluding steroid dienone is 2. The molecule has 5 heterocycles. The van der Waals surface area contributed by atoms with Crippen LogP contribution in [0.2, 0.25) is 0 Å². The van der Waals surface area contributed by atoms with E-state index in [-0.39, 0.29) is 36.7 Å². The van der Waals surface area contributed by atoms with E-state index in [1.165, 1.54) is 0 Å². The second-order valence-corrected chi connectivity index (χ2v) is 9.50. The van der Waals surface area contributed by atoms with E-state index in [9.17, 15) is 9.18 Å². The van der Waals surface area contributed by atoms with Crippen LogP contribution in [0.1, 0.15) is 32.1 Å². The lowest BCUT2D eigenvalue weighted by molar-refractivity contribution is 0.104. The number of nitrogens with one attached hydrogen (secondary N) is 5. The number of nitrogens with zero attached hydrogens (tertiary/aromatic N) is 2. The lowest BCUT2D eigenvalue weighted by atomic mass is 10.0. The number of fused-ring (bicyclic) bond motifs is 1. The molecule has 0 aromatic heterocycles. The van der Waals surface area contributed by atoms with Gasteiger partial charge < -0.3 is 36.2 Å². The van der Waals surface area contributed by atoms with Crippen LogP contribution in [-0.2, 0) is 4.74 Å². The summed E-state index contributed by atoms with van der Waals surface area (Å²) in [5.74, 6) is 0.675. The molecule has 0 saturated carbocycles. The first-order valence-corrected chi connectivity index (χ1v) is 12.4. The summed E-state index contributed by atoms with van der Waals surface area (Å²) in [6, 6.07) is -0.0923. The molecule has 0 radical (unpaired) electrons. The molecule has 1 unspecified atom stereocenters. The first-order valence-electron chi connectivity index (χ1n) is 12.0. The number of halogens is 2. The maximum absolute atomic E-state index is 14.7. The van der Waals surface area contributed by atoms with Crippen LogP contribution in [0.3, 0.4) is 0 Å². The summed E-state index contributed by atoms with van der Waals surface area (Å²) in [5, 5.41) is 16.2. The topological polar surface area (TPSA) is 102 Å². The van der Waals surface area contributed by atoms with Crippen molar-refractivity contribution in [3.05, 3.63) is 45.9 Å². The smallest absolute Gasteiger partial charge is 0.317 e. The van der Waals surface area contributed by atoms with Crippen LogP contribution in [0.5, 0.6) is 0 Å². The van der Waals surface area contributed by atoms with E-state index >= 15 is 0 Å². The highest BCUT2D eigenvalue weighted by Gasteiger charge is 2.30.